The fourth-order valence-corrected chi connectivity index (χ4v) is 4.26. The van der Waals surface area contributed by atoms with Crippen LogP contribution >= 0.6 is 0 Å². The van der Waals surface area contributed by atoms with E-state index in [1.54, 1.807) is 0 Å². The Morgan fingerprint density at radius 2 is 1.92 bits per heavy atom. The molecule has 5 heteroatoms. The molecule has 1 aromatic heterocycles. The molecule has 2 aliphatic rings. The Bertz CT molecular complexity index is 638. The van der Waals surface area contributed by atoms with Gasteiger partial charge in [-0.1, -0.05) is 19.3 Å². The topological polar surface area (TPSA) is 70.5 Å². The fraction of sp³-hybridized carbons (Fsp3) is 0.650. The van der Waals surface area contributed by atoms with Gasteiger partial charge in [0.2, 0.25) is 5.91 Å². The van der Waals surface area contributed by atoms with E-state index in [2.05, 4.69) is 4.98 Å². The molecular weight excluding hydrogens is 316 g/mol. The maximum absolute atomic E-state index is 13.0. The number of amides is 1. The number of pyridine rings is 1. The fourth-order valence-electron chi connectivity index (χ4n) is 4.26. The van der Waals surface area contributed by atoms with Crippen molar-refractivity contribution in [1.29, 1.82) is 0 Å². The van der Waals surface area contributed by atoms with Gasteiger partial charge in [-0.15, -0.1) is 0 Å². The maximum Gasteiger partial charge on any atom is 0.303 e. The summed E-state index contributed by atoms with van der Waals surface area (Å²) in [6.45, 7) is 2.76. The number of carboxylic acids is 1. The number of aromatic nitrogens is 1. The molecule has 0 spiro atoms. The van der Waals surface area contributed by atoms with E-state index in [1.165, 1.54) is 6.42 Å². The molecular formula is C20H28N2O3. The average Bonchev–Trinajstić information content (AvgIpc) is 3.09. The van der Waals surface area contributed by atoms with Gasteiger partial charge in [0, 0.05) is 24.6 Å². The van der Waals surface area contributed by atoms with Gasteiger partial charge < -0.3 is 10.0 Å². The molecule has 1 aromatic rings. The largest absolute Gasteiger partial charge is 0.481 e. The smallest absolute Gasteiger partial charge is 0.303 e. The van der Waals surface area contributed by atoms with Gasteiger partial charge in [0.05, 0.1) is 11.7 Å². The van der Waals surface area contributed by atoms with Gasteiger partial charge in [0.25, 0.3) is 0 Å². The Hall–Kier alpha value is -1.91. The Labute approximate surface area is 149 Å². The van der Waals surface area contributed by atoms with Crippen LogP contribution < -0.4 is 0 Å². The Morgan fingerprint density at radius 3 is 2.64 bits per heavy atom. The lowest BCUT2D eigenvalue weighted by atomic mass is 9.88. The first-order valence-electron chi connectivity index (χ1n) is 9.54. The summed E-state index contributed by atoms with van der Waals surface area (Å²) in [5.41, 5.74) is 2.83. The number of hydrogen-bond acceptors (Lipinski definition) is 3. The van der Waals surface area contributed by atoms with Crippen LogP contribution in [-0.2, 0) is 16.0 Å². The van der Waals surface area contributed by atoms with Crippen LogP contribution in [0.4, 0.5) is 0 Å². The van der Waals surface area contributed by atoms with Crippen molar-refractivity contribution < 1.29 is 14.7 Å². The maximum atomic E-state index is 13.0. The molecule has 3 rings (SSSR count). The van der Waals surface area contributed by atoms with Crippen LogP contribution in [0, 0.1) is 12.8 Å². The summed E-state index contributed by atoms with van der Waals surface area (Å²) in [5, 5.41) is 8.92. The molecule has 0 radical (unpaired) electrons. The minimum absolute atomic E-state index is 0.0536. The minimum atomic E-state index is -0.786. The quantitative estimate of drug-likeness (QED) is 0.885. The van der Waals surface area contributed by atoms with E-state index in [-0.39, 0.29) is 18.4 Å². The van der Waals surface area contributed by atoms with Crippen molar-refractivity contribution in [3.05, 3.63) is 29.1 Å². The number of likely N-dealkylation sites (tertiary alicyclic amines) is 1. The lowest BCUT2D eigenvalue weighted by Gasteiger charge is -2.30. The van der Waals surface area contributed by atoms with Crippen LogP contribution in [0.5, 0.6) is 0 Å². The molecule has 1 aliphatic carbocycles. The summed E-state index contributed by atoms with van der Waals surface area (Å²) in [5.74, 6) is -0.297. The highest BCUT2D eigenvalue weighted by Crippen LogP contribution is 2.35. The van der Waals surface area contributed by atoms with E-state index < -0.39 is 5.97 Å². The van der Waals surface area contributed by atoms with Crippen molar-refractivity contribution in [3.8, 4) is 0 Å². The van der Waals surface area contributed by atoms with Gasteiger partial charge in [-0.05, 0) is 56.7 Å². The number of nitrogens with zero attached hydrogens (tertiary/aromatic N) is 2. The Balaban J connectivity index is 1.77. The predicted octanol–water partition coefficient (Wildman–Crippen LogP) is 3.65. The second-order valence-electron chi connectivity index (χ2n) is 7.46. The van der Waals surface area contributed by atoms with Crippen LogP contribution in [0.15, 0.2) is 12.1 Å². The van der Waals surface area contributed by atoms with Crippen molar-refractivity contribution in [2.24, 2.45) is 5.92 Å². The number of carbonyl (C=O) groups excluding carboxylic acids is 1. The van der Waals surface area contributed by atoms with Crippen LogP contribution in [0.2, 0.25) is 0 Å². The molecule has 1 atom stereocenters. The Kier molecular flexibility index (Phi) is 5.71. The summed E-state index contributed by atoms with van der Waals surface area (Å²) in [6, 6.07) is 4.01. The predicted molar refractivity (Wildman–Crippen MR) is 95.2 cm³/mol. The van der Waals surface area contributed by atoms with Gasteiger partial charge in [-0.2, -0.15) is 0 Å². The molecule has 0 bridgehead atoms. The van der Waals surface area contributed by atoms with Crippen LogP contribution in [-0.4, -0.2) is 33.4 Å². The second-order valence-corrected chi connectivity index (χ2v) is 7.46. The molecule has 25 heavy (non-hydrogen) atoms. The van der Waals surface area contributed by atoms with Crippen molar-refractivity contribution in [2.45, 2.75) is 70.8 Å². The lowest BCUT2D eigenvalue weighted by molar-refractivity contribution is -0.138. The molecule has 5 nitrogen and oxygen atoms in total. The summed E-state index contributed by atoms with van der Waals surface area (Å²) in [7, 11) is 0. The van der Waals surface area contributed by atoms with E-state index in [9.17, 15) is 9.59 Å². The molecule has 1 saturated heterocycles. The van der Waals surface area contributed by atoms with Crippen LogP contribution in [0.3, 0.4) is 0 Å². The monoisotopic (exact) mass is 344 g/mol. The van der Waals surface area contributed by atoms with E-state index in [1.807, 2.05) is 24.0 Å². The van der Waals surface area contributed by atoms with Gasteiger partial charge in [0.15, 0.2) is 0 Å². The lowest BCUT2D eigenvalue weighted by Crippen LogP contribution is -2.36. The van der Waals surface area contributed by atoms with Crippen molar-refractivity contribution in [3.63, 3.8) is 0 Å². The zero-order valence-corrected chi connectivity index (χ0v) is 15.0. The summed E-state index contributed by atoms with van der Waals surface area (Å²) in [4.78, 5) is 30.6. The molecule has 0 aromatic carbocycles. The number of hydrogen-bond donors (Lipinski definition) is 1. The zero-order chi connectivity index (χ0) is 17.8. The van der Waals surface area contributed by atoms with Crippen molar-refractivity contribution >= 4 is 11.9 Å². The summed E-state index contributed by atoms with van der Waals surface area (Å²) < 4.78 is 0. The SMILES string of the molecule is Cc1cc(CCC(=O)O)cc([C@H]2CCCN2C(=O)C2CCCCC2)n1. The second kappa shape index (κ2) is 7.98. The molecule has 2 heterocycles. The molecule has 1 aliphatic heterocycles. The number of carboxylic acid groups (broad SMARTS) is 1. The third-order valence-corrected chi connectivity index (χ3v) is 5.49. The number of rotatable bonds is 5. The van der Waals surface area contributed by atoms with Gasteiger partial charge in [-0.25, -0.2) is 0 Å². The molecule has 2 fully saturated rings. The van der Waals surface area contributed by atoms with E-state index in [0.29, 0.717) is 12.3 Å². The van der Waals surface area contributed by atoms with Gasteiger partial charge >= 0.3 is 5.97 Å². The van der Waals surface area contributed by atoms with Crippen LogP contribution in [0.1, 0.15) is 74.4 Å². The minimum Gasteiger partial charge on any atom is -0.481 e. The highest BCUT2D eigenvalue weighted by atomic mass is 16.4. The molecule has 1 N–H and O–H groups in total. The number of aryl methyl sites for hydroxylation is 2. The van der Waals surface area contributed by atoms with Gasteiger partial charge in [-0.3, -0.25) is 14.6 Å². The van der Waals surface area contributed by atoms with E-state index in [0.717, 1.165) is 62.0 Å². The third-order valence-electron chi connectivity index (χ3n) is 5.49. The molecule has 1 amide bonds. The first kappa shape index (κ1) is 17.9. The Morgan fingerprint density at radius 1 is 1.16 bits per heavy atom. The van der Waals surface area contributed by atoms with Gasteiger partial charge in [0.1, 0.15) is 0 Å². The molecule has 0 unspecified atom stereocenters. The van der Waals surface area contributed by atoms with E-state index >= 15 is 0 Å². The summed E-state index contributed by atoms with van der Waals surface area (Å²) >= 11 is 0. The summed E-state index contributed by atoms with van der Waals surface area (Å²) in [6.07, 6.45) is 8.22. The first-order valence-corrected chi connectivity index (χ1v) is 9.54. The zero-order valence-electron chi connectivity index (χ0n) is 15.0. The van der Waals surface area contributed by atoms with Crippen molar-refractivity contribution in [1.82, 2.24) is 9.88 Å². The first-order chi connectivity index (χ1) is 12.0. The third kappa shape index (κ3) is 4.39. The van der Waals surface area contributed by atoms with Crippen molar-refractivity contribution in [2.75, 3.05) is 6.54 Å². The van der Waals surface area contributed by atoms with Crippen LogP contribution in [0.25, 0.3) is 0 Å². The normalized spacial score (nSPS) is 21.5. The molecule has 136 valence electrons. The number of carbonyl (C=O) groups is 2. The standard InChI is InChI=1S/C20H28N2O3/c1-14-12-15(9-10-19(23)24)13-17(21-14)18-8-5-11-22(18)20(25)16-6-3-2-4-7-16/h12-13,16,18H,2-11H2,1H3,(H,23,24)/t18-/m1/s1. The highest BCUT2D eigenvalue weighted by Gasteiger charge is 2.35. The average molecular weight is 344 g/mol. The van der Waals surface area contributed by atoms with E-state index in [4.69, 9.17) is 5.11 Å². The highest BCUT2D eigenvalue weighted by molar-refractivity contribution is 5.79. The molecule has 1 saturated carbocycles. The number of aliphatic carboxylic acids is 1.